The number of hydrogen-bond acceptors (Lipinski definition) is 6. The molecule has 9 heteroatoms. The second kappa shape index (κ2) is 6.48. The number of aryl methyl sites for hydroxylation is 1. The van der Waals surface area contributed by atoms with E-state index in [1.54, 1.807) is 18.0 Å². The minimum absolute atomic E-state index is 0.00615. The highest BCUT2D eigenvalue weighted by molar-refractivity contribution is 7.89. The van der Waals surface area contributed by atoms with E-state index in [1.807, 2.05) is 18.2 Å². The number of rotatable bonds is 4. The molecule has 0 radical (unpaired) electrons. The molecule has 5 rings (SSSR count). The highest BCUT2D eigenvalue weighted by Gasteiger charge is 2.44. The van der Waals surface area contributed by atoms with Gasteiger partial charge in [-0.05, 0) is 31.9 Å². The zero-order valence-corrected chi connectivity index (χ0v) is 15.2. The van der Waals surface area contributed by atoms with Gasteiger partial charge in [-0.15, -0.1) is 0 Å². The highest BCUT2D eigenvalue weighted by Crippen LogP contribution is 2.33. The predicted octanol–water partition coefficient (Wildman–Crippen LogP) is 1.19. The van der Waals surface area contributed by atoms with Crippen molar-refractivity contribution in [3.63, 3.8) is 0 Å². The number of hydrogen-bond donors (Lipinski definition) is 0. The number of aromatic nitrogens is 2. The van der Waals surface area contributed by atoms with Gasteiger partial charge in [-0.2, -0.15) is 4.31 Å². The van der Waals surface area contributed by atoms with E-state index in [-0.39, 0.29) is 41.6 Å². The standard InChI is InChI=1S/C17H20N4O4S/c1-12-16(8-19-25-12)26(23,24)20-9-13-5-6-15(11-20)21(17(13)22)10-14-4-2-3-7-18-14/h2-4,7-8,13,15H,5-6,9-11H2,1H3/t13-,15+/m0/s1. The lowest BCUT2D eigenvalue weighted by molar-refractivity contribution is -0.140. The molecule has 2 bridgehead atoms. The number of piperidine rings is 1. The van der Waals surface area contributed by atoms with Crippen molar-refractivity contribution >= 4 is 15.9 Å². The Balaban J connectivity index is 1.62. The van der Waals surface area contributed by atoms with Crippen LogP contribution in [0, 0.1) is 12.8 Å². The lowest BCUT2D eigenvalue weighted by Gasteiger charge is -2.35. The third kappa shape index (κ3) is 2.90. The highest BCUT2D eigenvalue weighted by atomic mass is 32.2. The minimum Gasteiger partial charge on any atom is -0.360 e. The molecule has 0 aromatic carbocycles. The number of sulfonamides is 1. The summed E-state index contributed by atoms with van der Waals surface area (Å²) in [6.45, 7) is 2.45. The number of pyridine rings is 1. The molecule has 0 saturated carbocycles. The van der Waals surface area contributed by atoms with Crippen molar-refractivity contribution in [3.8, 4) is 0 Å². The summed E-state index contributed by atoms with van der Waals surface area (Å²) in [5.41, 5.74) is 0.803. The van der Waals surface area contributed by atoms with E-state index >= 15 is 0 Å². The number of carbonyl (C=O) groups excluding carboxylic acids is 1. The van der Waals surface area contributed by atoms with Gasteiger partial charge in [0.05, 0.1) is 24.4 Å². The van der Waals surface area contributed by atoms with Crippen LogP contribution in [0.3, 0.4) is 0 Å². The van der Waals surface area contributed by atoms with E-state index in [9.17, 15) is 13.2 Å². The van der Waals surface area contributed by atoms with Crippen LogP contribution in [0.15, 0.2) is 40.0 Å². The normalized spacial score (nSPS) is 24.0. The van der Waals surface area contributed by atoms with Crippen LogP contribution >= 0.6 is 0 Å². The van der Waals surface area contributed by atoms with Crippen LogP contribution in [0.2, 0.25) is 0 Å². The van der Waals surface area contributed by atoms with Crippen molar-refractivity contribution in [2.45, 2.75) is 37.2 Å². The van der Waals surface area contributed by atoms with Gasteiger partial charge >= 0.3 is 0 Å². The Hall–Kier alpha value is -2.26. The second-order valence-electron chi connectivity index (χ2n) is 6.78. The van der Waals surface area contributed by atoms with E-state index in [4.69, 9.17) is 4.52 Å². The number of carbonyl (C=O) groups is 1. The fraction of sp³-hybridized carbons (Fsp3) is 0.471. The predicted molar refractivity (Wildman–Crippen MR) is 91.3 cm³/mol. The Bertz CT molecular complexity index is 912. The van der Waals surface area contributed by atoms with Crippen LogP contribution < -0.4 is 0 Å². The molecule has 0 spiro atoms. The molecule has 2 aromatic rings. The molecule has 2 aromatic heterocycles. The quantitative estimate of drug-likeness (QED) is 0.795. The van der Waals surface area contributed by atoms with Gasteiger partial charge in [-0.3, -0.25) is 9.78 Å². The van der Waals surface area contributed by atoms with Crippen LogP contribution in [-0.2, 0) is 21.4 Å². The number of amides is 1. The summed E-state index contributed by atoms with van der Waals surface area (Å²) in [5, 5.41) is 3.58. The van der Waals surface area contributed by atoms with E-state index in [2.05, 4.69) is 10.1 Å². The molecular formula is C17H20N4O4S. The van der Waals surface area contributed by atoms with E-state index < -0.39 is 10.0 Å². The van der Waals surface area contributed by atoms with E-state index in [0.717, 1.165) is 12.1 Å². The maximum atomic E-state index is 13.0. The molecule has 3 aliphatic rings. The van der Waals surface area contributed by atoms with Gasteiger partial charge in [0.2, 0.25) is 15.9 Å². The van der Waals surface area contributed by atoms with Crippen LogP contribution in [0.1, 0.15) is 24.3 Å². The summed E-state index contributed by atoms with van der Waals surface area (Å²) in [6.07, 6.45) is 4.42. The minimum atomic E-state index is -3.74. The van der Waals surface area contributed by atoms with Gasteiger partial charge < -0.3 is 9.42 Å². The molecule has 5 heterocycles. The Kier molecular flexibility index (Phi) is 4.28. The Morgan fingerprint density at radius 2 is 2.12 bits per heavy atom. The van der Waals surface area contributed by atoms with Crippen LogP contribution in [0.25, 0.3) is 0 Å². The lowest BCUT2D eigenvalue weighted by Crippen LogP contribution is -2.47. The SMILES string of the molecule is Cc1oncc1S(=O)(=O)N1C[C@@H]2CC[C@H](C1)N(Cc1ccccn1)C2=O. The van der Waals surface area contributed by atoms with Gasteiger partial charge in [-0.25, -0.2) is 8.42 Å². The molecule has 8 nitrogen and oxygen atoms in total. The maximum absolute atomic E-state index is 13.0. The molecule has 138 valence electrons. The number of nitrogens with zero attached hydrogens (tertiary/aromatic N) is 4. The fourth-order valence-corrected chi connectivity index (χ4v) is 5.35. The van der Waals surface area contributed by atoms with Crippen LogP contribution in [-0.4, -0.2) is 52.8 Å². The fourth-order valence-electron chi connectivity index (χ4n) is 3.75. The summed E-state index contributed by atoms with van der Waals surface area (Å²) in [6, 6.07) is 5.43. The first-order valence-electron chi connectivity index (χ1n) is 8.58. The molecule has 2 atom stereocenters. The summed E-state index contributed by atoms with van der Waals surface area (Å²) in [5.74, 6) is -0.0580. The monoisotopic (exact) mass is 376 g/mol. The Morgan fingerprint density at radius 1 is 1.27 bits per heavy atom. The van der Waals surface area contributed by atoms with E-state index in [0.29, 0.717) is 13.0 Å². The summed E-state index contributed by atoms with van der Waals surface area (Å²) < 4.78 is 32.3. The third-order valence-electron chi connectivity index (χ3n) is 5.14. The molecular weight excluding hydrogens is 356 g/mol. The van der Waals surface area contributed by atoms with Crippen LogP contribution in [0.4, 0.5) is 0 Å². The first-order valence-corrected chi connectivity index (χ1v) is 10.0. The summed E-state index contributed by atoms with van der Waals surface area (Å²) in [4.78, 5) is 19.0. The topological polar surface area (TPSA) is 96.6 Å². The van der Waals surface area contributed by atoms with Gasteiger partial charge in [-0.1, -0.05) is 11.2 Å². The molecule has 0 unspecified atom stereocenters. The van der Waals surface area contributed by atoms with Crippen molar-refractivity contribution in [2.24, 2.45) is 5.92 Å². The molecule has 3 saturated heterocycles. The van der Waals surface area contributed by atoms with Gasteiger partial charge in [0.1, 0.15) is 4.90 Å². The molecule has 3 aliphatic heterocycles. The lowest BCUT2D eigenvalue weighted by atomic mass is 9.94. The molecule has 1 amide bonds. The molecule has 3 fully saturated rings. The van der Waals surface area contributed by atoms with Crippen molar-refractivity contribution in [3.05, 3.63) is 42.0 Å². The van der Waals surface area contributed by atoms with Crippen molar-refractivity contribution in [1.29, 1.82) is 0 Å². The van der Waals surface area contributed by atoms with E-state index in [1.165, 1.54) is 10.5 Å². The van der Waals surface area contributed by atoms with Gasteiger partial charge in [0, 0.05) is 25.3 Å². The summed E-state index contributed by atoms with van der Waals surface area (Å²) >= 11 is 0. The largest absolute Gasteiger partial charge is 0.360 e. The Morgan fingerprint density at radius 3 is 2.81 bits per heavy atom. The van der Waals surface area contributed by atoms with Crippen molar-refractivity contribution < 1.29 is 17.7 Å². The zero-order chi connectivity index (χ0) is 18.3. The second-order valence-corrected chi connectivity index (χ2v) is 8.69. The first kappa shape index (κ1) is 17.2. The maximum Gasteiger partial charge on any atom is 0.248 e. The van der Waals surface area contributed by atoms with Crippen LogP contribution in [0.5, 0.6) is 0 Å². The average Bonchev–Trinajstić information content (AvgIpc) is 2.88. The zero-order valence-electron chi connectivity index (χ0n) is 14.4. The van der Waals surface area contributed by atoms with Gasteiger partial charge in [0.25, 0.3) is 0 Å². The molecule has 0 N–H and O–H groups in total. The smallest absolute Gasteiger partial charge is 0.248 e. The molecule has 26 heavy (non-hydrogen) atoms. The van der Waals surface area contributed by atoms with Crippen molar-refractivity contribution in [2.75, 3.05) is 13.1 Å². The third-order valence-corrected chi connectivity index (χ3v) is 7.07. The molecule has 0 aliphatic carbocycles. The average molecular weight is 376 g/mol. The first-order chi connectivity index (χ1) is 12.5. The van der Waals surface area contributed by atoms with Crippen molar-refractivity contribution in [1.82, 2.24) is 19.3 Å². The van der Waals surface area contributed by atoms with Gasteiger partial charge in [0.15, 0.2) is 5.76 Å². The Labute approximate surface area is 151 Å². The number of fused-ring (bicyclic) bond motifs is 4. The summed E-state index contributed by atoms with van der Waals surface area (Å²) in [7, 11) is -3.74.